The number of aromatic nitrogens is 2. The van der Waals surface area contributed by atoms with E-state index in [1.807, 2.05) is 60.8 Å². The molecule has 1 amide bonds. The van der Waals surface area contributed by atoms with Crippen molar-refractivity contribution in [1.29, 1.82) is 0 Å². The lowest BCUT2D eigenvalue weighted by Gasteiger charge is -2.29. The highest BCUT2D eigenvalue weighted by molar-refractivity contribution is 7.83. The first-order valence-electron chi connectivity index (χ1n) is 14.5. The number of amides is 1. The first-order chi connectivity index (χ1) is 20.4. The Balaban J connectivity index is 0.00000173. The Morgan fingerprint density at radius 2 is 1.93 bits per heavy atom. The van der Waals surface area contributed by atoms with Gasteiger partial charge in [0.05, 0.1) is 16.5 Å². The fourth-order valence-electron chi connectivity index (χ4n) is 5.59. The third-order valence-corrected chi connectivity index (χ3v) is 9.40. The van der Waals surface area contributed by atoms with Crippen LogP contribution in [0.25, 0.3) is 0 Å². The van der Waals surface area contributed by atoms with Gasteiger partial charge < -0.3 is 9.47 Å². The second-order valence-electron chi connectivity index (χ2n) is 10.5. The summed E-state index contributed by atoms with van der Waals surface area (Å²) in [5.74, 6) is 0.476. The standard InChI is InChI=1S/C31H30ClFN4O2S.C2H6/c1-36-15-14-34-30(36)19-37(31(38)26-18-24(26)20-6-3-2-4-7-20)22-11-10-21-8-5-9-29(25(21)16-22)35-40(39)23-12-13-28(33)27(32)17-23;1-2/h2-4,6-7,10-17,24,26,29,35H,5,8-9,18-19H2,1H3;1-2H3. The topological polar surface area (TPSA) is 67.2 Å². The SMILES string of the molecule is CC.Cn1ccnc1CN(C(=O)C1CC1c1ccccc1)c1ccc2c(c1)C(NS(=O)c1ccc(F)c(Cl)c1)CCC2. The minimum atomic E-state index is -1.58. The van der Waals surface area contributed by atoms with Crippen molar-refractivity contribution in [1.82, 2.24) is 14.3 Å². The Morgan fingerprint density at radius 1 is 1.14 bits per heavy atom. The van der Waals surface area contributed by atoms with Gasteiger partial charge in [0.25, 0.3) is 0 Å². The van der Waals surface area contributed by atoms with Crippen molar-refractivity contribution in [2.45, 2.75) is 62.9 Å². The van der Waals surface area contributed by atoms with E-state index in [0.29, 0.717) is 11.4 Å². The maximum atomic E-state index is 14.0. The van der Waals surface area contributed by atoms with Crippen molar-refractivity contribution < 1.29 is 13.4 Å². The normalized spacial score (nSPS) is 19.7. The lowest BCUT2D eigenvalue weighted by Crippen LogP contribution is -2.34. The van der Waals surface area contributed by atoms with Crippen LogP contribution in [-0.2, 0) is 35.8 Å². The molecule has 220 valence electrons. The lowest BCUT2D eigenvalue weighted by atomic mass is 9.87. The van der Waals surface area contributed by atoms with Gasteiger partial charge in [0.1, 0.15) is 22.6 Å². The maximum Gasteiger partial charge on any atom is 0.231 e. The monoisotopic (exact) mass is 606 g/mol. The number of nitrogens with one attached hydrogen (secondary N) is 1. The highest BCUT2D eigenvalue weighted by Crippen LogP contribution is 2.49. The average molecular weight is 607 g/mol. The predicted molar refractivity (Wildman–Crippen MR) is 166 cm³/mol. The number of aryl methyl sites for hydroxylation is 2. The zero-order chi connectivity index (χ0) is 29.8. The van der Waals surface area contributed by atoms with Gasteiger partial charge in [0, 0.05) is 37.1 Å². The van der Waals surface area contributed by atoms with Gasteiger partial charge in [-0.1, -0.05) is 61.8 Å². The molecule has 0 bridgehead atoms. The molecule has 1 N–H and O–H groups in total. The van der Waals surface area contributed by atoms with Crippen LogP contribution in [0.4, 0.5) is 10.1 Å². The quantitative estimate of drug-likeness (QED) is 0.229. The fourth-order valence-corrected chi connectivity index (χ4v) is 6.89. The third-order valence-electron chi connectivity index (χ3n) is 7.93. The number of nitrogens with zero attached hydrogens (tertiary/aromatic N) is 3. The second-order valence-corrected chi connectivity index (χ2v) is 12.2. The van der Waals surface area contributed by atoms with Crippen molar-refractivity contribution in [3.63, 3.8) is 0 Å². The molecule has 4 atom stereocenters. The Morgan fingerprint density at radius 3 is 2.64 bits per heavy atom. The number of hydrogen-bond donors (Lipinski definition) is 1. The summed E-state index contributed by atoms with van der Waals surface area (Å²) in [5, 5.41) is -0.0590. The number of anilines is 1. The highest BCUT2D eigenvalue weighted by atomic mass is 35.5. The van der Waals surface area contributed by atoms with Gasteiger partial charge in [0.2, 0.25) is 5.91 Å². The Labute approximate surface area is 254 Å². The number of rotatable bonds is 8. The van der Waals surface area contributed by atoms with Crippen LogP contribution in [0.2, 0.25) is 5.02 Å². The molecule has 4 aromatic rings. The molecule has 0 radical (unpaired) electrons. The molecule has 0 spiro atoms. The van der Waals surface area contributed by atoms with E-state index in [4.69, 9.17) is 11.6 Å². The van der Waals surface area contributed by atoms with Gasteiger partial charge in [-0.3, -0.25) is 4.79 Å². The Hall–Kier alpha value is -3.33. The Bertz CT molecular complexity index is 1580. The molecule has 1 fully saturated rings. The minimum absolute atomic E-state index is 0.0590. The minimum Gasteiger partial charge on any atom is -0.337 e. The molecular formula is C33H36ClFN4O2S. The molecule has 6 nitrogen and oxygen atoms in total. The molecule has 1 saturated carbocycles. The number of carbonyl (C=O) groups is 1. The van der Waals surface area contributed by atoms with Crippen molar-refractivity contribution in [2.75, 3.05) is 4.90 Å². The van der Waals surface area contributed by atoms with E-state index in [-0.39, 0.29) is 28.8 Å². The molecule has 2 aliphatic rings. The largest absolute Gasteiger partial charge is 0.337 e. The van der Waals surface area contributed by atoms with Gasteiger partial charge in [-0.25, -0.2) is 18.3 Å². The highest BCUT2D eigenvalue weighted by Gasteiger charge is 2.46. The summed E-state index contributed by atoms with van der Waals surface area (Å²) in [5.41, 5.74) is 4.18. The number of carbonyl (C=O) groups excluding carboxylic acids is 1. The molecule has 4 unspecified atom stereocenters. The van der Waals surface area contributed by atoms with E-state index in [9.17, 15) is 13.4 Å². The van der Waals surface area contributed by atoms with E-state index in [1.54, 1.807) is 6.20 Å². The summed E-state index contributed by atoms with van der Waals surface area (Å²) >= 11 is 5.93. The molecule has 6 rings (SSSR count). The summed E-state index contributed by atoms with van der Waals surface area (Å²) in [4.78, 5) is 20.7. The molecule has 1 aromatic heterocycles. The molecule has 42 heavy (non-hydrogen) atoms. The first-order valence-corrected chi connectivity index (χ1v) is 16.0. The van der Waals surface area contributed by atoms with E-state index in [0.717, 1.165) is 42.8 Å². The van der Waals surface area contributed by atoms with Gasteiger partial charge >= 0.3 is 0 Å². The van der Waals surface area contributed by atoms with Crippen LogP contribution < -0.4 is 9.62 Å². The number of fused-ring (bicyclic) bond motifs is 1. The van der Waals surface area contributed by atoms with Crippen LogP contribution in [0.15, 0.2) is 84.0 Å². The van der Waals surface area contributed by atoms with Crippen molar-refractivity contribution >= 4 is 34.2 Å². The predicted octanol–water partition coefficient (Wildman–Crippen LogP) is 7.27. The first kappa shape index (κ1) is 30.1. The van der Waals surface area contributed by atoms with E-state index < -0.39 is 16.8 Å². The van der Waals surface area contributed by atoms with Gasteiger partial charge in [-0.05, 0) is 78.6 Å². The van der Waals surface area contributed by atoms with Gasteiger partial charge in [-0.15, -0.1) is 0 Å². The fraction of sp³-hybridized carbons (Fsp3) is 0.333. The number of halogens is 2. The molecule has 0 aliphatic heterocycles. The van der Waals surface area contributed by atoms with Gasteiger partial charge in [-0.2, -0.15) is 0 Å². The van der Waals surface area contributed by atoms with Crippen LogP contribution in [0.3, 0.4) is 0 Å². The number of hydrogen-bond acceptors (Lipinski definition) is 3. The molecule has 2 aliphatic carbocycles. The second kappa shape index (κ2) is 13.3. The lowest BCUT2D eigenvalue weighted by molar-refractivity contribution is -0.120. The molecule has 3 aromatic carbocycles. The summed E-state index contributed by atoms with van der Waals surface area (Å²) < 4.78 is 32.0. The van der Waals surface area contributed by atoms with Crippen LogP contribution in [-0.4, -0.2) is 19.7 Å². The van der Waals surface area contributed by atoms with Gasteiger partial charge in [0.15, 0.2) is 0 Å². The van der Waals surface area contributed by atoms with Crippen LogP contribution in [0.1, 0.15) is 67.6 Å². The average Bonchev–Trinajstić information content (AvgIpc) is 3.72. The van der Waals surface area contributed by atoms with Crippen LogP contribution in [0.5, 0.6) is 0 Å². The van der Waals surface area contributed by atoms with Crippen molar-refractivity contribution in [2.24, 2.45) is 13.0 Å². The molecule has 0 saturated heterocycles. The molecule has 1 heterocycles. The van der Waals surface area contributed by atoms with Crippen LogP contribution in [0, 0.1) is 11.7 Å². The summed E-state index contributed by atoms with van der Waals surface area (Å²) in [6.07, 6.45) is 7.10. The van der Waals surface area contributed by atoms with Crippen molar-refractivity contribution in [3.05, 3.63) is 112 Å². The summed E-state index contributed by atoms with van der Waals surface area (Å²) in [6.45, 7) is 4.36. The molecular weight excluding hydrogens is 571 g/mol. The van der Waals surface area contributed by atoms with E-state index in [1.165, 1.54) is 29.3 Å². The maximum absolute atomic E-state index is 14.0. The molecule has 9 heteroatoms. The number of benzene rings is 3. The Kier molecular flexibility index (Phi) is 9.56. The van der Waals surface area contributed by atoms with E-state index >= 15 is 0 Å². The number of imidazole rings is 1. The van der Waals surface area contributed by atoms with Crippen molar-refractivity contribution in [3.8, 4) is 0 Å². The zero-order valence-corrected chi connectivity index (χ0v) is 25.7. The van der Waals surface area contributed by atoms with Crippen LogP contribution >= 0.6 is 11.6 Å². The van der Waals surface area contributed by atoms with E-state index in [2.05, 4.69) is 34.0 Å². The summed E-state index contributed by atoms with van der Waals surface area (Å²) in [6, 6.07) is 20.3. The zero-order valence-electron chi connectivity index (χ0n) is 24.1. The summed E-state index contributed by atoms with van der Waals surface area (Å²) in [7, 11) is 0.349. The third kappa shape index (κ3) is 6.51. The smallest absolute Gasteiger partial charge is 0.231 e.